The Morgan fingerprint density at radius 2 is 1.35 bits per heavy atom. The third-order valence-electron chi connectivity index (χ3n) is 2.94. The van der Waals surface area contributed by atoms with E-state index in [1.165, 1.54) is 7.14 Å². The fraction of sp³-hybridized carbons (Fsp3) is 0.200. The van der Waals surface area contributed by atoms with E-state index < -0.39 is 8.80 Å². The van der Waals surface area contributed by atoms with Crippen LogP contribution in [0.15, 0.2) is 54.6 Å². The maximum absolute atomic E-state index is 5.53. The smallest absolute Gasteiger partial charge is 0.373 e. The van der Waals surface area contributed by atoms with E-state index in [1.807, 2.05) is 18.2 Å². The molecule has 0 amide bonds. The summed E-state index contributed by atoms with van der Waals surface area (Å²) in [4.78, 5) is 0. The first kappa shape index (κ1) is 15.7. The molecule has 106 valence electrons. The first-order chi connectivity index (χ1) is 9.74. The highest BCUT2D eigenvalue weighted by molar-refractivity contribution is 6.75. The van der Waals surface area contributed by atoms with Crippen LogP contribution in [0.4, 0.5) is 0 Å². The molecular formula is C15H18IO3Si+. The molecular weight excluding hydrogens is 383 g/mol. The standard InChI is InChI=1S/C15H18IO3Si/c1-17-20(18-2,19-3)15-11-7-10-14(12-15)16-13-8-5-4-6-9-13/h4-12H,1-3H3/q+1. The van der Waals surface area contributed by atoms with Gasteiger partial charge in [-0.25, -0.2) is 0 Å². The van der Waals surface area contributed by atoms with Crippen molar-refractivity contribution in [1.82, 2.24) is 0 Å². The van der Waals surface area contributed by atoms with E-state index >= 15 is 0 Å². The summed E-state index contributed by atoms with van der Waals surface area (Å²) in [5.41, 5.74) is 0. The average molecular weight is 401 g/mol. The normalized spacial score (nSPS) is 11.6. The van der Waals surface area contributed by atoms with Gasteiger partial charge in [0, 0.05) is 26.5 Å². The number of hydrogen-bond donors (Lipinski definition) is 0. The average Bonchev–Trinajstić information content (AvgIpc) is 2.51. The van der Waals surface area contributed by atoms with Crippen molar-refractivity contribution in [3.63, 3.8) is 0 Å². The molecule has 0 bridgehead atoms. The predicted octanol–water partition coefficient (Wildman–Crippen LogP) is -1.10. The zero-order valence-corrected chi connectivity index (χ0v) is 15.0. The first-order valence-electron chi connectivity index (χ1n) is 6.20. The van der Waals surface area contributed by atoms with Crippen LogP contribution >= 0.6 is 0 Å². The lowest BCUT2D eigenvalue weighted by atomic mass is 10.4. The molecule has 0 aliphatic rings. The van der Waals surface area contributed by atoms with E-state index in [0.717, 1.165) is 5.19 Å². The highest BCUT2D eigenvalue weighted by Gasteiger charge is 2.41. The van der Waals surface area contributed by atoms with Crippen molar-refractivity contribution in [2.24, 2.45) is 0 Å². The summed E-state index contributed by atoms with van der Waals surface area (Å²) in [6.45, 7) is 0. The molecule has 5 heteroatoms. The van der Waals surface area contributed by atoms with Crippen molar-refractivity contribution in [2.75, 3.05) is 21.3 Å². The molecule has 0 aliphatic carbocycles. The van der Waals surface area contributed by atoms with E-state index in [2.05, 4.69) is 36.4 Å². The minimum atomic E-state index is -2.72. The van der Waals surface area contributed by atoms with Crippen molar-refractivity contribution < 1.29 is 34.5 Å². The van der Waals surface area contributed by atoms with Gasteiger partial charge in [0.2, 0.25) is 0 Å². The van der Waals surface area contributed by atoms with Crippen LogP contribution in [0.5, 0.6) is 0 Å². The number of rotatable bonds is 6. The highest BCUT2D eigenvalue weighted by Crippen LogP contribution is 2.06. The lowest BCUT2D eigenvalue weighted by Gasteiger charge is -2.24. The molecule has 2 aromatic carbocycles. The van der Waals surface area contributed by atoms with Crippen LogP contribution < -0.4 is 26.4 Å². The first-order valence-corrected chi connectivity index (χ1v) is 10.1. The van der Waals surface area contributed by atoms with Crippen LogP contribution in [0, 0.1) is 7.14 Å². The summed E-state index contributed by atoms with van der Waals surface area (Å²) < 4.78 is 19.3. The second-order valence-electron chi connectivity index (χ2n) is 4.07. The molecule has 20 heavy (non-hydrogen) atoms. The summed E-state index contributed by atoms with van der Waals surface area (Å²) >= 11 is -0.197. The van der Waals surface area contributed by atoms with E-state index in [9.17, 15) is 0 Å². The Balaban J connectivity index is 2.28. The van der Waals surface area contributed by atoms with Gasteiger partial charge in [0.25, 0.3) is 0 Å². The zero-order chi connectivity index (χ0) is 14.4. The maximum atomic E-state index is 5.53. The lowest BCUT2D eigenvalue weighted by Crippen LogP contribution is -3.61. The van der Waals surface area contributed by atoms with Crippen LogP contribution in [0.2, 0.25) is 0 Å². The van der Waals surface area contributed by atoms with Crippen molar-refractivity contribution in [3.8, 4) is 0 Å². The van der Waals surface area contributed by atoms with Crippen molar-refractivity contribution in [3.05, 3.63) is 61.7 Å². The number of hydrogen-bond acceptors (Lipinski definition) is 3. The van der Waals surface area contributed by atoms with E-state index in [1.54, 1.807) is 21.3 Å². The molecule has 2 aromatic rings. The maximum Gasteiger partial charge on any atom is 0.536 e. The van der Waals surface area contributed by atoms with Gasteiger partial charge in [0.15, 0.2) is 7.14 Å². The summed E-state index contributed by atoms with van der Waals surface area (Å²) in [6, 6.07) is 18.9. The molecule has 0 saturated heterocycles. The quantitative estimate of drug-likeness (QED) is 0.455. The van der Waals surface area contributed by atoms with Crippen molar-refractivity contribution in [2.45, 2.75) is 0 Å². The Labute approximate surface area is 131 Å². The summed E-state index contributed by atoms with van der Waals surface area (Å²) in [5.74, 6) is 0. The largest absolute Gasteiger partial charge is 0.536 e. The van der Waals surface area contributed by atoms with Crippen LogP contribution in [0.1, 0.15) is 0 Å². The summed E-state index contributed by atoms with van der Waals surface area (Å²) in [5, 5.41) is 1.01. The number of benzene rings is 2. The monoisotopic (exact) mass is 401 g/mol. The Hall–Kier alpha value is -0.733. The minimum absolute atomic E-state index is 0.197. The fourth-order valence-corrected chi connectivity index (χ4v) is 6.45. The second-order valence-corrected chi connectivity index (χ2v) is 10.0. The Bertz CT molecular complexity index is 536. The van der Waals surface area contributed by atoms with Crippen LogP contribution in [-0.2, 0) is 13.3 Å². The van der Waals surface area contributed by atoms with Gasteiger partial charge in [0.05, 0.1) is 0 Å². The van der Waals surface area contributed by atoms with Crippen LogP contribution in [-0.4, -0.2) is 30.1 Å². The molecule has 0 fully saturated rings. The van der Waals surface area contributed by atoms with Gasteiger partial charge < -0.3 is 13.3 Å². The second kappa shape index (κ2) is 7.33. The van der Waals surface area contributed by atoms with Gasteiger partial charge in [-0.1, -0.05) is 30.3 Å². The van der Waals surface area contributed by atoms with Gasteiger partial charge >= 0.3 is 30.0 Å². The predicted molar refractivity (Wildman–Crippen MR) is 76.7 cm³/mol. The molecule has 0 aromatic heterocycles. The van der Waals surface area contributed by atoms with Crippen LogP contribution in [0.3, 0.4) is 0 Å². The van der Waals surface area contributed by atoms with Gasteiger partial charge in [-0.2, -0.15) is 0 Å². The van der Waals surface area contributed by atoms with Gasteiger partial charge in [-0.05, 0) is 24.3 Å². The molecule has 0 unspecified atom stereocenters. The number of halogens is 1. The Morgan fingerprint density at radius 3 is 1.95 bits per heavy atom. The van der Waals surface area contributed by atoms with E-state index in [-0.39, 0.29) is 21.2 Å². The Morgan fingerprint density at radius 1 is 0.750 bits per heavy atom. The van der Waals surface area contributed by atoms with Crippen molar-refractivity contribution >= 4 is 14.0 Å². The molecule has 2 rings (SSSR count). The summed E-state index contributed by atoms with van der Waals surface area (Å²) in [6.07, 6.45) is 0. The van der Waals surface area contributed by atoms with E-state index in [0.29, 0.717) is 0 Å². The molecule has 0 atom stereocenters. The van der Waals surface area contributed by atoms with Crippen LogP contribution in [0.25, 0.3) is 0 Å². The van der Waals surface area contributed by atoms with E-state index in [4.69, 9.17) is 13.3 Å². The zero-order valence-electron chi connectivity index (χ0n) is 11.8. The third kappa shape index (κ3) is 3.47. The minimum Gasteiger partial charge on any atom is -0.373 e. The van der Waals surface area contributed by atoms with Gasteiger partial charge in [0.1, 0.15) is 0 Å². The molecule has 0 saturated carbocycles. The SMILES string of the molecule is CO[Si](OC)(OC)c1cccc([I+]c2ccccc2)c1. The highest BCUT2D eigenvalue weighted by atomic mass is 127. The fourth-order valence-electron chi connectivity index (χ4n) is 1.94. The molecule has 0 heterocycles. The topological polar surface area (TPSA) is 27.7 Å². The molecule has 3 nitrogen and oxygen atoms in total. The third-order valence-corrected chi connectivity index (χ3v) is 8.20. The summed E-state index contributed by atoms with van der Waals surface area (Å²) in [7, 11) is 2.19. The van der Waals surface area contributed by atoms with Gasteiger partial charge in [-0.3, -0.25) is 0 Å². The molecule has 0 spiro atoms. The lowest BCUT2D eigenvalue weighted by molar-refractivity contribution is -0.597. The van der Waals surface area contributed by atoms with Crippen molar-refractivity contribution in [1.29, 1.82) is 0 Å². The molecule has 0 aliphatic heterocycles. The Kier molecular flexibility index (Phi) is 5.73. The molecule has 0 N–H and O–H groups in total. The van der Waals surface area contributed by atoms with Gasteiger partial charge in [-0.15, -0.1) is 0 Å². The molecule has 0 radical (unpaired) electrons.